The maximum Gasteiger partial charge on any atom is 0.292 e. The molecule has 0 saturated heterocycles. The highest BCUT2D eigenvalue weighted by Gasteiger charge is 2.39. The summed E-state index contributed by atoms with van der Waals surface area (Å²) in [4.78, 5) is 24.1. The Morgan fingerprint density at radius 1 is 1.40 bits per heavy atom. The van der Waals surface area contributed by atoms with Crippen molar-refractivity contribution in [3.8, 4) is 0 Å². The normalized spacial score (nSPS) is 25.4. The minimum absolute atomic E-state index is 0.0183. The number of carbonyl (C=O) groups is 2. The lowest BCUT2D eigenvalue weighted by Crippen LogP contribution is -2.47. The van der Waals surface area contributed by atoms with Gasteiger partial charge >= 0.3 is 0 Å². The highest BCUT2D eigenvalue weighted by Crippen LogP contribution is 2.37. The van der Waals surface area contributed by atoms with Crippen molar-refractivity contribution < 1.29 is 14.7 Å². The molecule has 1 aromatic rings. The number of hydrogen-bond donors (Lipinski definition) is 2. The van der Waals surface area contributed by atoms with E-state index < -0.39 is 11.7 Å². The van der Waals surface area contributed by atoms with E-state index in [1.807, 2.05) is 6.92 Å². The van der Waals surface area contributed by atoms with E-state index in [0.717, 1.165) is 23.7 Å². The van der Waals surface area contributed by atoms with Gasteiger partial charge in [0.2, 0.25) is 5.78 Å². The molecule has 0 aromatic heterocycles. The van der Waals surface area contributed by atoms with Crippen LogP contribution >= 0.6 is 15.9 Å². The molecule has 1 aliphatic carbocycles. The standard InChI is InChI=1S/C15H18BrNO3/c1-15(9-18)8-2-3-12(15)17-14(20)13(19)10-4-6-11(16)7-5-10/h4-7,12,18H,2-3,8-9H2,1H3,(H,17,20). The second kappa shape index (κ2) is 6.06. The number of Topliss-reactive ketones (excluding diaryl/α,β-unsaturated/α-hetero) is 1. The molecule has 1 aromatic carbocycles. The fraction of sp³-hybridized carbons (Fsp3) is 0.467. The Balaban J connectivity index is 2.05. The van der Waals surface area contributed by atoms with Crippen molar-refractivity contribution in [1.29, 1.82) is 0 Å². The fourth-order valence-electron chi connectivity index (χ4n) is 2.62. The molecule has 108 valence electrons. The van der Waals surface area contributed by atoms with Crippen LogP contribution in [0.15, 0.2) is 28.7 Å². The number of ketones is 1. The first-order valence-corrected chi connectivity index (χ1v) is 7.47. The molecule has 2 rings (SSSR count). The van der Waals surface area contributed by atoms with Crippen LogP contribution in [0.5, 0.6) is 0 Å². The smallest absolute Gasteiger partial charge is 0.292 e. The minimum atomic E-state index is -0.598. The van der Waals surface area contributed by atoms with E-state index >= 15 is 0 Å². The lowest BCUT2D eigenvalue weighted by molar-refractivity contribution is -0.118. The van der Waals surface area contributed by atoms with E-state index in [4.69, 9.17) is 0 Å². The molecule has 0 radical (unpaired) electrons. The lowest BCUT2D eigenvalue weighted by atomic mass is 9.85. The van der Waals surface area contributed by atoms with Gasteiger partial charge in [-0.2, -0.15) is 0 Å². The van der Waals surface area contributed by atoms with Crippen LogP contribution in [0.1, 0.15) is 36.5 Å². The van der Waals surface area contributed by atoms with Crippen LogP contribution in [0.4, 0.5) is 0 Å². The van der Waals surface area contributed by atoms with Crippen molar-refractivity contribution in [1.82, 2.24) is 5.32 Å². The van der Waals surface area contributed by atoms with Crippen molar-refractivity contribution in [2.24, 2.45) is 5.41 Å². The molecule has 2 atom stereocenters. The molecule has 0 heterocycles. The Kier molecular flexibility index (Phi) is 4.60. The van der Waals surface area contributed by atoms with Gasteiger partial charge in [0.15, 0.2) is 0 Å². The van der Waals surface area contributed by atoms with Crippen molar-refractivity contribution in [3.05, 3.63) is 34.3 Å². The van der Waals surface area contributed by atoms with Gasteiger partial charge in [-0.05, 0) is 37.1 Å². The molecule has 1 amide bonds. The zero-order valence-corrected chi connectivity index (χ0v) is 12.9. The van der Waals surface area contributed by atoms with E-state index in [0.29, 0.717) is 5.56 Å². The van der Waals surface area contributed by atoms with Crippen molar-refractivity contribution in [3.63, 3.8) is 0 Å². The Bertz CT molecular complexity index is 514. The summed E-state index contributed by atoms with van der Waals surface area (Å²) in [6.45, 7) is 1.96. The first-order valence-electron chi connectivity index (χ1n) is 6.68. The summed E-state index contributed by atoms with van der Waals surface area (Å²) in [6.07, 6.45) is 2.62. The van der Waals surface area contributed by atoms with Gasteiger partial charge in [-0.25, -0.2) is 0 Å². The zero-order valence-electron chi connectivity index (χ0n) is 11.4. The molecule has 2 unspecified atom stereocenters. The molecule has 1 aliphatic rings. The third-order valence-corrected chi connectivity index (χ3v) is 4.59. The summed E-state index contributed by atoms with van der Waals surface area (Å²) in [5.41, 5.74) is 0.0461. The van der Waals surface area contributed by atoms with Crippen molar-refractivity contribution in [2.75, 3.05) is 6.61 Å². The molecule has 1 saturated carbocycles. The van der Waals surface area contributed by atoms with Crippen LogP contribution in [-0.4, -0.2) is 29.4 Å². The Morgan fingerprint density at radius 3 is 2.65 bits per heavy atom. The highest BCUT2D eigenvalue weighted by atomic mass is 79.9. The minimum Gasteiger partial charge on any atom is -0.396 e. The van der Waals surface area contributed by atoms with Gasteiger partial charge in [0.25, 0.3) is 5.91 Å². The number of carbonyl (C=O) groups excluding carboxylic acids is 2. The summed E-state index contributed by atoms with van der Waals surface area (Å²) in [7, 11) is 0. The maximum atomic E-state index is 12.1. The second-order valence-corrected chi connectivity index (χ2v) is 6.48. The number of amides is 1. The average molecular weight is 340 g/mol. The highest BCUT2D eigenvalue weighted by molar-refractivity contribution is 9.10. The van der Waals surface area contributed by atoms with Crippen LogP contribution in [0, 0.1) is 5.41 Å². The van der Waals surface area contributed by atoms with Crippen LogP contribution in [0.2, 0.25) is 0 Å². The van der Waals surface area contributed by atoms with Crippen molar-refractivity contribution >= 4 is 27.6 Å². The summed E-state index contributed by atoms with van der Waals surface area (Å²) >= 11 is 3.29. The van der Waals surface area contributed by atoms with Gasteiger partial charge in [0.05, 0.1) is 6.61 Å². The Hall–Kier alpha value is -1.20. The molecule has 0 spiro atoms. The average Bonchev–Trinajstić information content (AvgIpc) is 2.81. The van der Waals surface area contributed by atoms with Gasteiger partial charge in [-0.3, -0.25) is 9.59 Å². The van der Waals surface area contributed by atoms with E-state index in [-0.39, 0.29) is 18.1 Å². The van der Waals surface area contributed by atoms with E-state index in [2.05, 4.69) is 21.2 Å². The topological polar surface area (TPSA) is 66.4 Å². The fourth-order valence-corrected chi connectivity index (χ4v) is 2.89. The van der Waals surface area contributed by atoms with Gasteiger partial charge < -0.3 is 10.4 Å². The van der Waals surface area contributed by atoms with Crippen LogP contribution in [-0.2, 0) is 4.79 Å². The van der Waals surface area contributed by atoms with E-state index in [1.165, 1.54) is 0 Å². The summed E-state index contributed by atoms with van der Waals surface area (Å²) in [5.74, 6) is -1.14. The van der Waals surface area contributed by atoms with Gasteiger partial charge in [0.1, 0.15) is 0 Å². The SMILES string of the molecule is CC1(CO)CCCC1NC(=O)C(=O)c1ccc(Br)cc1. The molecule has 2 N–H and O–H groups in total. The number of benzene rings is 1. The number of hydrogen-bond acceptors (Lipinski definition) is 3. The largest absolute Gasteiger partial charge is 0.396 e. The zero-order chi connectivity index (χ0) is 14.8. The lowest BCUT2D eigenvalue weighted by Gasteiger charge is -2.29. The third-order valence-electron chi connectivity index (χ3n) is 4.06. The summed E-state index contributed by atoms with van der Waals surface area (Å²) < 4.78 is 0.859. The van der Waals surface area contributed by atoms with Gasteiger partial charge in [-0.15, -0.1) is 0 Å². The number of rotatable bonds is 4. The first-order chi connectivity index (χ1) is 9.46. The summed E-state index contributed by atoms with van der Waals surface area (Å²) in [5, 5.41) is 12.2. The van der Waals surface area contributed by atoms with E-state index in [1.54, 1.807) is 24.3 Å². The summed E-state index contributed by atoms with van der Waals surface area (Å²) in [6, 6.07) is 6.55. The van der Waals surface area contributed by atoms with Crippen LogP contribution in [0.3, 0.4) is 0 Å². The molecular weight excluding hydrogens is 322 g/mol. The molecule has 5 heteroatoms. The van der Waals surface area contributed by atoms with Gasteiger partial charge in [-0.1, -0.05) is 29.3 Å². The predicted octanol–water partition coefficient (Wildman–Crippen LogP) is 2.30. The van der Waals surface area contributed by atoms with Crippen molar-refractivity contribution in [2.45, 2.75) is 32.2 Å². The molecular formula is C15H18BrNO3. The Labute approximate surface area is 126 Å². The number of nitrogens with one attached hydrogen (secondary N) is 1. The molecule has 0 bridgehead atoms. The number of aliphatic hydroxyl groups excluding tert-OH is 1. The maximum absolute atomic E-state index is 12.1. The van der Waals surface area contributed by atoms with Gasteiger partial charge in [0, 0.05) is 21.5 Å². The Morgan fingerprint density at radius 2 is 2.05 bits per heavy atom. The van der Waals surface area contributed by atoms with Crippen LogP contribution < -0.4 is 5.32 Å². The van der Waals surface area contributed by atoms with E-state index in [9.17, 15) is 14.7 Å². The molecule has 0 aliphatic heterocycles. The molecule has 20 heavy (non-hydrogen) atoms. The predicted molar refractivity (Wildman–Crippen MR) is 79.4 cm³/mol. The first kappa shape index (κ1) is 15.2. The quantitative estimate of drug-likeness (QED) is 0.653. The molecule has 4 nitrogen and oxygen atoms in total. The third kappa shape index (κ3) is 3.10. The monoisotopic (exact) mass is 339 g/mol. The second-order valence-electron chi connectivity index (χ2n) is 5.57. The van der Waals surface area contributed by atoms with Crippen LogP contribution in [0.25, 0.3) is 0 Å². The number of halogens is 1. The number of aliphatic hydroxyl groups is 1. The molecule has 1 fully saturated rings.